The molecule has 4 aromatic rings. The van der Waals surface area contributed by atoms with Crippen molar-refractivity contribution >= 4 is 11.8 Å². The molecule has 0 aliphatic rings. The summed E-state index contributed by atoms with van der Waals surface area (Å²) in [6, 6.07) is 28.2. The first-order chi connectivity index (χ1) is 20.3. The van der Waals surface area contributed by atoms with Gasteiger partial charge in [0.25, 0.3) is 5.91 Å². The fraction of sp³-hybridized carbons (Fsp3) is 0.333. The minimum absolute atomic E-state index is 0.000103. The molecule has 0 aliphatic carbocycles. The lowest BCUT2D eigenvalue weighted by molar-refractivity contribution is -0.133. The maximum Gasteiger partial charge on any atom is 0.254 e. The molecule has 4 rings (SSSR count). The third kappa shape index (κ3) is 8.90. The number of rotatable bonds is 14. The van der Waals surface area contributed by atoms with Crippen molar-refractivity contribution in [3.63, 3.8) is 0 Å². The number of nitrogens with zero attached hydrogens (tertiary/aromatic N) is 3. The summed E-state index contributed by atoms with van der Waals surface area (Å²) < 4.78 is 15.5. The minimum Gasteiger partial charge on any atom is -0.345 e. The minimum atomic E-state index is -0.265. The number of benzene rings is 3. The van der Waals surface area contributed by atoms with Crippen LogP contribution in [0.2, 0.25) is 0 Å². The topological polar surface area (TPSA) is 45.6 Å². The van der Waals surface area contributed by atoms with Crippen molar-refractivity contribution < 1.29 is 14.0 Å². The predicted molar refractivity (Wildman–Crippen MR) is 166 cm³/mol. The van der Waals surface area contributed by atoms with Crippen LogP contribution < -0.4 is 0 Å². The lowest BCUT2D eigenvalue weighted by Crippen LogP contribution is -2.44. The van der Waals surface area contributed by atoms with Crippen LogP contribution in [0.15, 0.2) is 97.2 Å². The van der Waals surface area contributed by atoms with Crippen molar-refractivity contribution in [1.82, 2.24) is 14.4 Å². The van der Waals surface area contributed by atoms with Crippen LogP contribution >= 0.6 is 0 Å². The molecule has 0 fully saturated rings. The molecule has 6 heteroatoms. The fourth-order valence-corrected chi connectivity index (χ4v) is 5.07. The molecule has 0 aliphatic heterocycles. The van der Waals surface area contributed by atoms with Gasteiger partial charge in [-0.3, -0.25) is 9.59 Å². The van der Waals surface area contributed by atoms with Crippen LogP contribution in [0.1, 0.15) is 66.4 Å². The van der Waals surface area contributed by atoms with Gasteiger partial charge in [-0.2, -0.15) is 0 Å². The molecule has 0 N–H and O–H groups in total. The van der Waals surface area contributed by atoms with E-state index in [-0.39, 0.29) is 30.1 Å². The Hall–Kier alpha value is -4.19. The van der Waals surface area contributed by atoms with Gasteiger partial charge in [0.2, 0.25) is 5.91 Å². The SMILES string of the molecule is CCCCc1ccc(C(=O)N(CC(=O)N(Cc2ccccc2)Cc2cccn2Cc2ccc(F)cc2)CC(C)C)cc1. The Morgan fingerprint density at radius 3 is 2.14 bits per heavy atom. The number of aryl methyl sites for hydroxylation is 1. The van der Waals surface area contributed by atoms with E-state index in [9.17, 15) is 14.0 Å². The third-order valence-electron chi connectivity index (χ3n) is 7.33. The monoisotopic (exact) mass is 567 g/mol. The Labute approximate surface area is 249 Å². The Balaban J connectivity index is 1.54. The average molecular weight is 568 g/mol. The highest BCUT2D eigenvalue weighted by Gasteiger charge is 2.24. The van der Waals surface area contributed by atoms with E-state index in [2.05, 4.69) is 25.3 Å². The van der Waals surface area contributed by atoms with Gasteiger partial charge >= 0.3 is 0 Å². The summed E-state index contributed by atoms with van der Waals surface area (Å²) in [5, 5.41) is 0. The summed E-state index contributed by atoms with van der Waals surface area (Å²) >= 11 is 0. The molecular formula is C36H42FN3O2. The van der Waals surface area contributed by atoms with E-state index in [0.717, 1.165) is 36.1 Å². The van der Waals surface area contributed by atoms with Crippen molar-refractivity contribution in [2.45, 2.75) is 59.7 Å². The van der Waals surface area contributed by atoms with Crippen LogP contribution in [0.25, 0.3) is 0 Å². The number of carbonyl (C=O) groups is 2. The molecule has 0 spiro atoms. The maximum atomic E-state index is 14.0. The zero-order valence-corrected chi connectivity index (χ0v) is 25.0. The van der Waals surface area contributed by atoms with Crippen LogP contribution in [0.4, 0.5) is 4.39 Å². The van der Waals surface area contributed by atoms with Crippen LogP contribution in [0.5, 0.6) is 0 Å². The number of unbranched alkanes of at least 4 members (excludes halogenated alkanes) is 1. The molecule has 0 unspecified atom stereocenters. The van der Waals surface area contributed by atoms with E-state index in [1.54, 1.807) is 17.0 Å². The second kappa shape index (κ2) is 15.2. The summed E-state index contributed by atoms with van der Waals surface area (Å²) in [5.74, 6) is -0.291. The van der Waals surface area contributed by atoms with Crippen molar-refractivity contribution in [2.24, 2.45) is 5.92 Å². The van der Waals surface area contributed by atoms with Crippen molar-refractivity contribution in [2.75, 3.05) is 13.1 Å². The zero-order chi connectivity index (χ0) is 29.9. The molecule has 2 amide bonds. The van der Waals surface area contributed by atoms with Crippen molar-refractivity contribution in [1.29, 1.82) is 0 Å². The average Bonchev–Trinajstić information content (AvgIpc) is 3.43. The predicted octanol–water partition coefficient (Wildman–Crippen LogP) is 7.35. The van der Waals surface area contributed by atoms with Crippen LogP contribution in [0.3, 0.4) is 0 Å². The largest absolute Gasteiger partial charge is 0.345 e. The molecule has 3 aromatic carbocycles. The van der Waals surface area contributed by atoms with Gasteiger partial charge in [0.05, 0.1) is 6.54 Å². The van der Waals surface area contributed by atoms with E-state index in [0.29, 0.717) is 31.7 Å². The lowest BCUT2D eigenvalue weighted by atomic mass is 10.1. The molecular weight excluding hydrogens is 525 g/mol. The molecule has 42 heavy (non-hydrogen) atoms. The summed E-state index contributed by atoms with van der Waals surface area (Å²) in [6.07, 6.45) is 5.21. The van der Waals surface area contributed by atoms with Crippen molar-refractivity contribution in [3.05, 3.63) is 131 Å². The van der Waals surface area contributed by atoms with Gasteiger partial charge in [0.15, 0.2) is 0 Å². The van der Waals surface area contributed by atoms with Crippen LogP contribution in [-0.2, 0) is 30.8 Å². The molecule has 5 nitrogen and oxygen atoms in total. The normalized spacial score (nSPS) is 11.1. The Kier molecular flexibility index (Phi) is 11.1. The van der Waals surface area contributed by atoms with Gasteiger partial charge in [0.1, 0.15) is 12.4 Å². The number of hydrogen-bond acceptors (Lipinski definition) is 2. The first-order valence-corrected chi connectivity index (χ1v) is 14.9. The van der Waals surface area contributed by atoms with E-state index in [1.165, 1.54) is 17.7 Å². The highest BCUT2D eigenvalue weighted by atomic mass is 19.1. The number of carbonyl (C=O) groups excluding carboxylic acids is 2. The number of aromatic nitrogens is 1. The maximum absolute atomic E-state index is 14.0. The van der Waals surface area contributed by atoms with Gasteiger partial charge in [0, 0.05) is 37.1 Å². The van der Waals surface area contributed by atoms with Crippen LogP contribution in [-0.4, -0.2) is 39.3 Å². The van der Waals surface area contributed by atoms with Crippen molar-refractivity contribution in [3.8, 4) is 0 Å². The highest BCUT2D eigenvalue weighted by molar-refractivity contribution is 5.96. The fourth-order valence-electron chi connectivity index (χ4n) is 5.07. The Bertz CT molecular complexity index is 1410. The molecule has 0 saturated carbocycles. The van der Waals surface area contributed by atoms with E-state index < -0.39 is 0 Å². The standard InChI is InChI=1S/C36H42FN3O2/c1-4-5-10-29-14-18-32(19-15-29)36(42)40(23-28(2)3)27-35(41)39(25-30-11-7-6-8-12-30)26-34-13-9-22-38(34)24-31-16-20-33(37)21-17-31/h6-9,11-22,28H,4-5,10,23-27H2,1-3H3. The van der Waals surface area contributed by atoms with E-state index in [1.807, 2.05) is 77.8 Å². The quantitative estimate of drug-likeness (QED) is 0.160. The zero-order valence-electron chi connectivity index (χ0n) is 25.0. The van der Waals surface area contributed by atoms with E-state index >= 15 is 0 Å². The smallest absolute Gasteiger partial charge is 0.254 e. The molecule has 1 aromatic heterocycles. The van der Waals surface area contributed by atoms with Crippen LogP contribution in [0, 0.1) is 11.7 Å². The van der Waals surface area contributed by atoms with Gasteiger partial charge < -0.3 is 14.4 Å². The molecule has 220 valence electrons. The summed E-state index contributed by atoms with van der Waals surface area (Å²) in [4.78, 5) is 31.1. The Morgan fingerprint density at radius 1 is 0.786 bits per heavy atom. The third-order valence-corrected chi connectivity index (χ3v) is 7.33. The molecule has 0 saturated heterocycles. The molecule has 1 heterocycles. The number of halogens is 1. The van der Waals surface area contributed by atoms with Gasteiger partial charge in [-0.1, -0.05) is 81.8 Å². The second-order valence-electron chi connectivity index (χ2n) is 11.4. The summed E-state index contributed by atoms with van der Waals surface area (Å²) in [5.41, 5.74) is 4.79. The molecule has 0 bridgehead atoms. The Morgan fingerprint density at radius 2 is 1.48 bits per heavy atom. The first-order valence-electron chi connectivity index (χ1n) is 14.9. The number of hydrogen-bond donors (Lipinski definition) is 0. The lowest BCUT2D eigenvalue weighted by Gasteiger charge is -2.29. The van der Waals surface area contributed by atoms with Gasteiger partial charge in [-0.05, 0) is 71.8 Å². The molecule has 0 atom stereocenters. The first kappa shape index (κ1) is 30.8. The summed E-state index contributed by atoms with van der Waals surface area (Å²) in [6.45, 7) is 8.16. The van der Waals surface area contributed by atoms with Gasteiger partial charge in [-0.15, -0.1) is 0 Å². The highest BCUT2D eigenvalue weighted by Crippen LogP contribution is 2.17. The summed E-state index contributed by atoms with van der Waals surface area (Å²) in [7, 11) is 0. The second-order valence-corrected chi connectivity index (χ2v) is 11.4. The number of amides is 2. The van der Waals surface area contributed by atoms with Gasteiger partial charge in [-0.25, -0.2) is 4.39 Å². The van der Waals surface area contributed by atoms with E-state index in [4.69, 9.17) is 0 Å². The molecule has 0 radical (unpaired) electrons.